The summed E-state index contributed by atoms with van der Waals surface area (Å²) in [7, 11) is 1.96. The Balaban J connectivity index is 1.58. The van der Waals surface area contributed by atoms with Gasteiger partial charge < -0.3 is 14.8 Å². The second-order valence-electron chi connectivity index (χ2n) is 6.67. The average Bonchev–Trinajstić information content (AvgIpc) is 2.70. The van der Waals surface area contributed by atoms with Crippen LogP contribution in [0.1, 0.15) is 47.2 Å². The van der Waals surface area contributed by atoms with Crippen molar-refractivity contribution in [3.63, 3.8) is 0 Å². The van der Waals surface area contributed by atoms with Crippen LogP contribution in [0.25, 0.3) is 0 Å². The van der Waals surface area contributed by atoms with E-state index in [4.69, 9.17) is 9.47 Å². The van der Waals surface area contributed by atoms with Crippen LogP contribution in [0.3, 0.4) is 0 Å². The summed E-state index contributed by atoms with van der Waals surface area (Å²) in [5.74, 6) is 0.778. The molecule has 1 saturated heterocycles. The number of nitrogens with one attached hydrogen (secondary N) is 1. The third kappa shape index (κ3) is 5.16. The Hall–Kier alpha value is -2.17. The smallest absolute Gasteiger partial charge is 0.199 e. The second-order valence-corrected chi connectivity index (χ2v) is 6.67. The van der Waals surface area contributed by atoms with Crippen molar-refractivity contribution >= 4 is 5.78 Å². The summed E-state index contributed by atoms with van der Waals surface area (Å²) in [5, 5.41) is 3.15. The van der Waals surface area contributed by atoms with Gasteiger partial charge in [-0.15, -0.1) is 0 Å². The highest BCUT2D eigenvalue weighted by atomic mass is 16.7. The number of benzene rings is 2. The molecule has 1 aliphatic heterocycles. The molecular weight excluding hydrogens is 326 g/mol. The first kappa shape index (κ1) is 18.6. The van der Waals surface area contributed by atoms with Gasteiger partial charge >= 0.3 is 0 Å². The third-order valence-corrected chi connectivity index (χ3v) is 4.63. The van der Waals surface area contributed by atoms with Crippen molar-refractivity contribution in [3.8, 4) is 5.75 Å². The van der Waals surface area contributed by atoms with E-state index in [0.717, 1.165) is 51.0 Å². The molecule has 0 spiro atoms. The van der Waals surface area contributed by atoms with Crippen molar-refractivity contribution in [2.45, 2.75) is 38.4 Å². The fourth-order valence-corrected chi connectivity index (χ4v) is 3.10. The van der Waals surface area contributed by atoms with Gasteiger partial charge in [-0.25, -0.2) is 0 Å². The molecule has 4 nitrogen and oxygen atoms in total. The Kier molecular flexibility index (Phi) is 6.81. The molecule has 26 heavy (non-hydrogen) atoms. The Morgan fingerprint density at radius 2 is 1.77 bits per heavy atom. The van der Waals surface area contributed by atoms with E-state index in [1.165, 1.54) is 5.56 Å². The number of hydrogen-bond acceptors (Lipinski definition) is 4. The average molecular weight is 353 g/mol. The molecule has 2 aromatic carbocycles. The van der Waals surface area contributed by atoms with Crippen LogP contribution in [0.4, 0.5) is 0 Å². The van der Waals surface area contributed by atoms with E-state index in [1.807, 2.05) is 55.6 Å². The summed E-state index contributed by atoms with van der Waals surface area (Å²) in [4.78, 5) is 12.6. The maximum absolute atomic E-state index is 12.6. The van der Waals surface area contributed by atoms with Crippen LogP contribution in [0.15, 0.2) is 48.5 Å². The van der Waals surface area contributed by atoms with Gasteiger partial charge in [0.2, 0.25) is 0 Å². The highest BCUT2D eigenvalue weighted by molar-refractivity contribution is 6.09. The lowest BCUT2D eigenvalue weighted by molar-refractivity contribution is -0.105. The molecule has 1 heterocycles. The van der Waals surface area contributed by atoms with E-state index >= 15 is 0 Å². The van der Waals surface area contributed by atoms with Crippen molar-refractivity contribution in [2.75, 3.05) is 20.2 Å². The van der Waals surface area contributed by atoms with Crippen molar-refractivity contribution in [1.82, 2.24) is 5.32 Å². The SMILES string of the molecule is CNCCCc1ccc(C(=O)c2ccc(OC3CCCCO3)cc2)cc1. The van der Waals surface area contributed by atoms with Crippen LogP contribution in [-0.4, -0.2) is 32.3 Å². The first-order valence-corrected chi connectivity index (χ1v) is 9.43. The summed E-state index contributed by atoms with van der Waals surface area (Å²) in [5.41, 5.74) is 2.64. The monoisotopic (exact) mass is 353 g/mol. The minimum absolute atomic E-state index is 0.0345. The molecular formula is C22H27NO3. The topological polar surface area (TPSA) is 47.6 Å². The summed E-state index contributed by atoms with van der Waals surface area (Å²) >= 11 is 0. The van der Waals surface area contributed by atoms with E-state index < -0.39 is 0 Å². The van der Waals surface area contributed by atoms with E-state index in [9.17, 15) is 4.79 Å². The molecule has 1 N–H and O–H groups in total. The highest BCUT2D eigenvalue weighted by Gasteiger charge is 2.15. The standard InChI is InChI=1S/C22H27NO3/c1-23-15-4-5-17-7-9-18(10-8-17)22(24)19-11-13-20(14-12-19)26-21-6-2-3-16-25-21/h7-14,21,23H,2-6,15-16H2,1H3. The van der Waals surface area contributed by atoms with Gasteiger partial charge in [0, 0.05) is 17.5 Å². The molecule has 0 saturated carbocycles. The number of aryl methyl sites for hydroxylation is 1. The van der Waals surface area contributed by atoms with Crippen molar-refractivity contribution in [1.29, 1.82) is 0 Å². The Labute approximate surface area is 155 Å². The third-order valence-electron chi connectivity index (χ3n) is 4.63. The van der Waals surface area contributed by atoms with E-state index in [1.54, 1.807) is 0 Å². The number of hydrogen-bond donors (Lipinski definition) is 1. The highest BCUT2D eigenvalue weighted by Crippen LogP contribution is 2.21. The molecule has 1 atom stereocenters. The lowest BCUT2D eigenvalue weighted by Crippen LogP contribution is -2.24. The molecule has 4 heteroatoms. The zero-order chi connectivity index (χ0) is 18.2. The first-order valence-electron chi connectivity index (χ1n) is 9.43. The van der Waals surface area contributed by atoms with Crippen LogP contribution in [-0.2, 0) is 11.2 Å². The fourth-order valence-electron chi connectivity index (χ4n) is 3.10. The molecule has 0 aromatic heterocycles. The maximum atomic E-state index is 12.6. The van der Waals surface area contributed by atoms with Gasteiger partial charge in [-0.3, -0.25) is 4.79 Å². The van der Waals surface area contributed by atoms with Gasteiger partial charge in [-0.05, 0) is 69.1 Å². The largest absolute Gasteiger partial charge is 0.465 e. The van der Waals surface area contributed by atoms with Gasteiger partial charge in [0.15, 0.2) is 12.1 Å². The molecule has 0 amide bonds. The lowest BCUT2D eigenvalue weighted by Gasteiger charge is -2.23. The van der Waals surface area contributed by atoms with Gasteiger partial charge in [-0.2, -0.15) is 0 Å². The molecule has 0 radical (unpaired) electrons. The molecule has 1 unspecified atom stereocenters. The summed E-state index contributed by atoms with van der Waals surface area (Å²) in [6, 6.07) is 15.2. The van der Waals surface area contributed by atoms with Crippen LogP contribution in [0.5, 0.6) is 5.75 Å². The zero-order valence-corrected chi connectivity index (χ0v) is 15.4. The van der Waals surface area contributed by atoms with Crippen molar-refractivity contribution < 1.29 is 14.3 Å². The summed E-state index contributed by atoms with van der Waals surface area (Å²) < 4.78 is 11.4. The van der Waals surface area contributed by atoms with Crippen molar-refractivity contribution in [2.24, 2.45) is 0 Å². The molecule has 0 bridgehead atoms. The van der Waals surface area contributed by atoms with E-state index in [2.05, 4.69) is 5.32 Å². The molecule has 1 fully saturated rings. The minimum Gasteiger partial charge on any atom is -0.465 e. The van der Waals surface area contributed by atoms with Crippen LogP contribution in [0, 0.1) is 0 Å². The number of carbonyl (C=O) groups excluding carboxylic acids is 1. The van der Waals surface area contributed by atoms with Gasteiger partial charge in [0.25, 0.3) is 0 Å². The first-order chi connectivity index (χ1) is 12.8. The molecule has 1 aliphatic rings. The van der Waals surface area contributed by atoms with Gasteiger partial charge in [0.1, 0.15) is 5.75 Å². The zero-order valence-electron chi connectivity index (χ0n) is 15.4. The predicted molar refractivity (Wildman–Crippen MR) is 103 cm³/mol. The predicted octanol–water partition coefficient (Wildman–Crippen LogP) is 3.98. The number of ether oxygens (including phenoxy) is 2. The molecule has 3 rings (SSSR count). The van der Waals surface area contributed by atoms with Crippen LogP contribution in [0.2, 0.25) is 0 Å². The number of carbonyl (C=O) groups is 1. The van der Waals surface area contributed by atoms with E-state index in [-0.39, 0.29) is 12.1 Å². The Bertz CT molecular complexity index is 688. The Morgan fingerprint density at radius 3 is 2.38 bits per heavy atom. The lowest BCUT2D eigenvalue weighted by atomic mass is 10.0. The normalized spacial score (nSPS) is 17.0. The summed E-state index contributed by atoms with van der Waals surface area (Å²) in [6.45, 7) is 1.76. The number of ketones is 1. The fraction of sp³-hybridized carbons (Fsp3) is 0.409. The molecule has 2 aromatic rings. The van der Waals surface area contributed by atoms with Gasteiger partial charge in [-0.1, -0.05) is 24.3 Å². The quantitative estimate of drug-likeness (QED) is 0.576. The van der Waals surface area contributed by atoms with Crippen LogP contribution >= 0.6 is 0 Å². The minimum atomic E-state index is -0.166. The number of rotatable bonds is 8. The summed E-state index contributed by atoms with van der Waals surface area (Å²) in [6.07, 6.45) is 5.09. The van der Waals surface area contributed by atoms with Crippen molar-refractivity contribution in [3.05, 3.63) is 65.2 Å². The second kappa shape index (κ2) is 9.51. The van der Waals surface area contributed by atoms with E-state index in [0.29, 0.717) is 11.1 Å². The maximum Gasteiger partial charge on any atom is 0.199 e. The molecule has 0 aliphatic carbocycles. The Morgan fingerprint density at radius 1 is 1.08 bits per heavy atom. The van der Waals surface area contributed by atoms with Crippen LogP contribution < -0.4 is 10.1 Å². The van der Waals surface area contributed by atoms with Gasteiger partial charge in [0.05, 0.1) is 6.61 Å². The molecule has 138 valence electrons.